The largest absolute Gasteiger partial charge is 0.493 e. The van der Waals surface area contributed by atoms with E-state index in [2.05, 4.69) is 20.3 Å². The molecule has 2 rings (SSSR count). The van der Waals surface area contributed by atoms with Gasteiger partial charge in [0.1, 0.15) is 5.75 Å². The molecule has 1 heterocycles. The molecule has 0 aliphatic heterocycles. The Balaban J connectivity index is 0.000000362. The standard InChI is InChI=1S/C14H19Cl2NO2.C3Cl3N3/c1-5-17-14(18)12-8(3)11(16)7-10(9(4)15)13(12)19-6-2;4-1-7-2(5)9-3(6)8-1/h7,9H,5-6H2,1-4H3,(H,17,18);. The number of halogens is 5. The lowest BCUT2D eigenvalue weighted by molar-refractivity contribution is 0.0951. The fourth-order valence-corrected chi connectivity index (χ4v) is 3.15. The Morgan fingerprint density at radius 1 is 1.11 bits per heavy atom. The molecule has 6 nitrogen and oxygen atoms in total. The van der Waals surface area contributed by atoms with Gasteiger partial charge in [-0.05, 0) is 74.1 Å². The van der Waals surface area contributed by atoms with Crippen molar-refractivity contribution in [3.8, 4) is 5.75 Å². The summed E-state index contributed by atoms with van der Waals surface area (Å²) in [7, 11) is 0. The van der Waals surface area contributed by atoms with Gasteiger partial charge in [0, 0.05) is 17.1 Å². The molecule has 1 atom stereocenters. The first-order valence-electron chi connectivity index (χ1n) is 8.22. The fourth-order valence-electron chi connectivity index (χ4n) is 2.17. The maximum atomic E-state index is 12.2. The number of ether oxygens (including phenoxy) is 1. The summed E-state index contributed by atoms with van der Waals surface area (Å²) in [6, 6.07) is 1.77. The second kappa shape index (κ2) is 11.8. The van der Waals surface area contributed by atoms with Crippen molar-refractivity contribution in [3.63, 3.8) is 0 Å². The molecular weight excluding hydrogens is 469 g/mol. The van der Waals surface area contributed by atoms with Crippen LogP contribution in [0.1, 0.15) is 47.6 Å². The number of amides is 1. The van der Waals surface area contributed by atoms with E-state index in [9.17, 15) is 4.79 Å². The van der Waals surface area contributed by atoms with E-state index in [0.29, 0.717) is 35.1 Å². The lowest BCUT2D eigenvalue weighted by atomic mass is 10.00. The summed E-state index contributed by atoms with van der Waals surface area (Å²) in [4.78, 5) is 22.6. The molecule has 0 saturated carbocycles. The normalized spacial score (nSPS) is 11.3. The van der Waals surface area contributed by atoms with Crippen molar-refractivity contribution < 1.29 is 9.53 Å². The highest BCUT2D eigenvalue weighted by Gasteiger charge is 2.23. The van der Waals surface area contributed by atoms with Gasteiger partial charge in [0.2, 0.25) is 15.9 Å². The van der Waals surface area contributed by atoms with Crippen LogP contribution in [0, 0.1) is 6.92 Å². The number of hydrogen-bond donors (Lipinski definition) is 1. The van der Waals surface area contributed by atoms with Crippen molar-refractivity contribution in [2.75, 3.05) is 13.2 Å². The van der Waals surface area contributed by atoms with Gasteiger partial charge >= 0.3 is 0 Å². The minimum Gasteiger partial charge on any atom is -0.493 e. The first kappa shape index (κ1) is 25.0. The highest BCUT2D eigenvalue weighted by molar-refractivity contribution is 6.33. The van der Waals surface area contributed by atoms with Gasteiger partial charge in [-0.1, -0.05) is 11.6 Å². The minimum absolute atomic E-state index is 0.000000000000000444. The van der Waals surface area contributed by atoms with E-state index in [1.807, 2.05) is 20.8 Å². The average molecular weight is 489 g/mol. The maximum absolute atomic E-state index is 12.2. The van der Waals surface area contributed by atoms with Gasteiger partial charge in [-0.25, -0.2) is 0 Å². The number of aromatic nitrogens is 3. The Morgan fingerprint density at radius 2 is 1.61 bits per heavy atom. The van der Waals surface area contributed by atoms with E-state index in [1.165, 1.54) is 0 Å². The van der Waals surface area contributed by atoms with Gasteiger partial charge in [0.05, 0.1) is 17.5 Å². The molecule has 0 spiro atoms. The predicted octanol–water partition coefficient (Wildman–Crippen LogP) is 5.93. The molecule has 11 heteroatoms. The lowest BCUT2D eigenvalue weighted by Crippen LogP contribution is -2.25. The molecule has 0 aliphatic carbocycles. The minimum atomic E-state index is -0.284. The summed E-state index contributed by atoms with van der Waals surface area (Å²) >= 11 is 28.3. The molecule has 1 amide bonds. The zero-order valence-electron chi connectivity index (χ0n) is 15.6. The van der Waals surface area contributed by atoms with Crippen LogP contribution >= 0.6 is 58.0 Å². The average Bonchev–Trinajstić information content (AvgIpc) is 2.57. The lowest BCUT2D eigenvalue weighted by Gasteiger charge is -2.19. The Kier molecular flexibility index (Phi) is 10.6. The van der Waals surface area contributed by atoms with Crippen LogP contribution in [0.2, 0.25) is 20.9 Å². The summed E-state index contributed by atoms with van der Waals surface area (Å²) in [5, 5.41) is 3.01. The van der Waals surface area contributed by atoms with Crippen LogP contribution in [-0.4, -0.2) is 34.0 Å². The summed E-state index contributed by atoms with van der Waals surface area (Å²) in [6.45, 7) is 8.37. The van der Waals surface area contributed by atoms with Gasteiger partial charge in [-0.15, -0.1) is 11.6 Å². The quantitative estimate of drug-likeness (QED) is 0.528. The highest BCUT2D eigenvalue weighted by Crippen LogP contribution is 2.38. The van der Waals surface area contributed by atoms with Crippen LogP contribution in [0.5, 0.6) is 5.75 Å². The number of carbonyl (C=O) groups is 1. The van der Waals surface area contributed by atoms with E-state index in [4.69, 9.17) is 62.7 Å². The Bertz CT molecular complexity index is 783. The Morgan fingerprint density at radius 3 is 2.00 bits per heavy atom. The van der Waals surface area contributed by atoms with E-state index in [-0.39, 0.29) is 27.1 Å². The van der Waals surface area contributed by atoms with Crippen molar-refractivity contribution in [3.05, 3.63) is 43.6 Å². The maximum Gasteiger partial charge on any atom is 0.255 e. The SMILES string of the molecule is CCNC(=O)c1c(C)c(Cl)cc(C(C)Cl)c1OCC.Clc1nc(Cl)nc(Cl)n1. The molecule has 0 saturated heterocycles. The number of alkyl halides is 1. The van der Waals surface area contributed by atoms with Crippen molar-refractivity contribution in [2.24, 2.45) is 0 Å². The third-order valence-electron chi connectivity index (χ3n) is 3.34. The topological polar surface area (TPSA) is 77.0 Å². The van der Waals surface area contributed by atoms with Crippen LogP contribution in [0.15, 0.2) is 6.07 Å². The zero-order chi connectivity index (χ0) is 21.4. The van der Waals surface area contributed by atoms with Crippen LogP contribution in [0.4, 0.5) is 0 Å². The van der Waals surface area contributed by atoms with Crippen LogP contribution in [0.3, 0.4) is 0 Å². The summed E-state index contributed by atoms with van der Waals surface area (Å²) in [6.07, 6.45) is 0. The van der Waals surface area contributed by atoms with Gasteiger partial charge in [0.25, 0.3) is 5.91 Å². The van der Waals surface area contributed by atoms with E-state index in [1.54, 1.807) is 13.0 Å². The molecule has 0 bridgehead atoms. The molecule has 28 heavy (non-hydrogen) atoms. The van der Waals surface area contributed by atoms with Crippen LogP contribution < -0.4 is 10.1 Å². The second-order valence-corrected chi connectivity index (χ2v) is 7.40. The molecular formula is C17H19Cl5N4O2. The summed E-state index contributed by atoms with van der Waals surface area (Å²) in [5.41, 5.74) is 1.91. The number of benzene rings is 1. The summed E-state index contributed by atoms with van der Waals surface area (Å²) in [5.74, 6) is 0.336. The van der Waals surface area contributed by atoms with Gasteiger partial charge < -0.3 is 10.1 Å². The van der Waals surface area contributed by atoms with Gasteiger partial charge in [0.15, 0.2) is 0 Å². The van der Waals surface area contributed by atoms with Gasteiger partial charge in [-0.2, -0.15) is 15.0 Å². The summed E-state index contributed by atoms with van der Waals surface area (Å²) < 4.78 is 5.63. The van der Waals surface area contributed by atoms with Crippen molar-refractivity contribution >= 4 is 63.9 Å². The van der Waals surface area contributed by atoms with E-state index in [0.717, 1.165) is 5.56 Å². The molecule has 0 radical (unpaired) electrons. The second-order valence-electron chi connectivity index (χ2n) is 5.33. The number of nitrogens with zero attached hydrogens (tertiary/aromatic N) is 3. The number of rotatable bonds is 5. The number of nitrogens with one attached hydrogen (secondary N) is 1. The first-order valence-corrected chi connectivity index (χ1v) is 10.2. The third-order valence-corrected chi connectivity index (χ3v) is 4.47. The van der Waals surface area contributed by atoms with Gasteiger partial charge in [-0.3, -0.25) is 4.79 Å². The smallest absolute Gasteiger partial charge is 0.255 e. The number of carbonyl (C=O) groups excluding carboxylic acids is 1. The molecule has 0 aliphatic rings. The van der Waals surface area contributed by atoms with Crippen molar-refractivity contribution in [2.45, 2.75) is 33.1 Å². The molecule has 2 aromatic rings. The first-order chi connectivity index (χ1) is 13.1. The van der Waals surface area contributed by atoms with Crippen molar-refractivity contribution in [1.29, 1.82) is 0 Å². The predicted molar refractivity (Wildman–Crippen MR) is 114 cm³/mol. The zero-order valence-corrected chi connectivity index (χ0v) is 19.4. The molecule has 154 valence electrons. The molecule has 0 fully saturated rings. The van der Waals surface area contributed by atoms with Crippen LogP contribution in [0.25, 0.3) is 0 Å². The monoisotopic (exact) mass is 486 g/mol. The highest BCUT2D eigenvalue weighted by atomic mass is 35.5. The molecule has 1 aromatic carbocycles. The molecule has 1 N–H and O–H groups in total. The fraction of sp³-hybridized carbons (Fsp3) is 0.412. The third kappa shape index (κ3) is 7.08. The Hall–Kier alpha value is -1.05. The number of hydrogen-bond acceptors (Lipinski definition) is 5. The van der Waals surface area contributed by atoms with E-state index >= 15 is 0 Å². The molecule has 1 aromatic heterocycles. The van der Waals surface area contributed by atoms with Crippen LogP contribution in [-0.2, 0) is 0 Å². The van der Waals surface area contributed by atoms with E-state index < -0.39 is 0 Å². The van der Waals surface area contributed by atoms with Crippen molar-refractivity contribution in [1.82, 2.24) is 20.3 Å². The molecule has 1 unspecified atom stereocenters. The Labute approximate surface area is 188 Å².